The lowest BCUT2D eigenvalue weighted by atomic mass is 10.1. The molecule has 0 heterocycles. The van der Waals surface area contributed by atoms with Crippen molar-refractivity contribution in [2.45, 2.75) is 19.8 Å². The van der Waals surface area contributed by atoms with E-state index in [9.17, 15) is 0 Å². The van der Waals surface area contributed by atoms with E-state index < -0.39 is 0 Å². The molecule has 0 aliphatic rings. The van der Waals surface area contributed by atoms with Crippen molar-refractivity contribution in [1.29, 1.82) is 0 Å². The molecule has 0 spiro atoms. The van der Waals surface area contributed by atoms with Crippen LogP contribution in [0.15, 0.2) is 59.6 Å². The maximum absolute atomic E-state index is 5.88. The van der Waals surface area contributed by atoms with Crippen molar-refractivity contribution in [2.24, 2.45) is 4.99 Å². The molecule has 2 aromatic carbocycles. The van der Waals surface area contributed by atoms with Gasteiger partial charge >= 0.3 is 0 Å². The Kier molecular flexibility index (Phi) is 12.2. The topological polar surface area (TPSA) is 45.7 Å². The first-order valence-corrected chi connectivity index (χ1v) is 9.84. The molecule has 2 rings (SSSR count). The summed E-state index contributed by atoms with van der Waals surface area (Å²) in [6.07, 6.45) is 2.10. The van der Waals surface area contributed by atoms with Crippen LogP contribution in [0.3, 0.4) is 0 Å². The number of halogens is 1. The number of ether oxygens (including phenoxy) is 1. The number of guanidine groups is 1. The fourth-order valence-corrected chi connectivity index (χ4v) is 2.70. The van der Waals surface area contributed by atoms with Crippen molar-refractivity contribution in [1.82, 2.24) is 10.6 Å². The zero-order valence-corrected chi connectivity index (χ0v) is 18.6. The predicted molar refractivity (Wildman–Crippen MR) is 123 cm³/mol. The number of aliphatic imine (C=N–C) groups is 1. The molecule has 0 aromatic heterocycles. The molecule has 0 saturated heterocycles. The molecule has 0 bridgehead atoms. The van der Waals surface area contributed by atoms with Gasteiger partial charge in [-0.3, -0.25) is 4.99 Å². The molecule has 142 valence electrons. The Hall–Kier alpha value is -1.25. The Morgan fingerprint density at radius 3 is 2.35 bits per heavy atom. The van der Waals surface area contributed by atoms with Crippen LogP contribution in [0.4, 0.5) is 0 Å². The van der Waals surface area contributed by atoms with Crippen molar-refractivity contribution in [3.05, 3.63) is 71.3 Å². The second kappa shape index (κ2) is 13.9. The summed E-state index contributed by atoms with van der Waals surface area (Å²) >= 11 is 1.82. The molecule has 0 saturated carbocycles. The molecule has 6 heteroatoms. The van der Waals surface area contributed by atoms with Crippen molar-refractivity contribution in [3.8, 4) is 0 Å². The van der Waals surface area contributed by atoms with Gasteiger partial charge in [-0.25, -0.2) is 0 Å². The third-order valence-electron chi connectivity index (χ3n) is 3.76. The second-order valence-corrected chi connectivity index (χ2v) is 6.58. The van der Waals surface area contributed by atoms with Crippen LogP contribution in [0, 0.1) is 0 Å². The van der Waals surface area contributed by atoms with Gasteiger partial charge in [0.2, 0.25) is 0 Å². The highest BCUT2D eigenvalue weighted by atomic mass is 127. The fourth-order valence-electron chi connectivity index (χ4n) is 2.39. The molecule has 2 aromatic rings. The van der Waals surface area contributed by atoms with Gasteiger partial charge in [0.05, 0.1) is 13.2 Å². The highest BCUT2D eigenvalue weighted by Crippen LogP contribution is 2.11. The first kappa shape index (κ1) is 22.8. The zero-order chi connectivity index (χ0) is 17.7. The summed E-state index contributed by atoms with van der Waals surface area (Å²) in [5.74, 6) is 1.89. The van der Waals surface area contributed by atoms with E-state index >= 15 is 0 Å². The number of hydrogen-bond donors (Lipinski definition) is 2. The Balaban J connectivity index is 0.00000338. The van der Waals surface area contributed by atoms with E-state index in [-0.39, 0.29) is 24.0 Å². The van der Waals surface area contributed by atoms with Gasteiger partial charge in [-0.15, -0.1) is 24.0 Å². The van der Waals surface area contributed by atoms with Gasteiger partial charge in [0.1, 0.15) is 0 Å². The molecule has 26 heavy (non-hydrogen) atoms. The number of benzene rings is 2. The number of rotatable bonds is 9. The first-order valence-electron chi connectivity index (χ1n) is 8.45. The Morgan fingerprint density at radius 1 is 0.962 bits per heavy atom. The van der Waals surface area contributed by atoms with Crippen molar-refractivity contribution < 1.29 is 4.74 Å². The van der Waals surface area contributed by atoms with Gasteiger partial charge in [-0.05, 0) is 22.9 Å². The molecule has 2 N–H and O–H groups in total. The van der Waals surface area contributed by atoms with E-state index in [1.54, 1.807) is 7.05 Å². The van der Waals surface area contributed by atoms with Gasteiger partial charge in [-0.2, -0.15) is 11.8 Å². The van der Waals surface area contributed by atoms with E-state index in [1.165, 1.54) is 16.7 Å². The van der Waals surface area contributed by atoms with Gasteiger partial charge < -0.3 is 15.4 Å². The molecule has 0 radical (unpaired) electrons. The van der Waals surface area contributed by atoms with Crippen LogP contribution in [0.1, 0.15) is 16.7 Å². The summed E-state index contributed by atoms with van der Waals surface area (Å²) in [7, 11) is 1.79. The maximum Gasteiger partial charge on any atom is 0.191 e. The summed E-state index contributed by atoms with van der Waals surface area (Å²) in [5.41, 5.74) is 3.62. The van der Waals surface area contributed by atoms with Crippen molar-refractivity contribution >= 4 is 41.7 Å². The molecular weight excluding hydrogens is 457 g/mol. The summed E-state index contributed by atoms with van der Waals surface area (Å²) < 4.78 is 5.88. The molecule has 0 aliphatic heterocycles. The predicted octanol–water partition coefficient (Wildman–Crippen LogP) is 4.05. The third-order valence-corrected chi connectivity index (χ3v) is 4.37. The van der Waals surface area contributed by atoms with E-state index in [0.717, 1.165) is 24.8 Å². The summed E-state index contributed by atoms with van der Waals surface area (Å²) in [6, 6.07) is 18.6. The summed E-state index contributed by atoms with van der Waals surface area (Å²) in [6.45, 7) is 2.86. The lowest BCUT2D eigenvalue weighted by Crippen LogP contribution is -2.38. The van der Waals surface area contributed by atoms with Crippen LogP contribution in [0.5, 0.6) is 0 Å². The maximum atomic E-state index is 5.88. The number of thioether (sulfide) groups is 1. The minimum atomic E-state index is 0. The quantitative estimate of drug-likeness (QED) is 0.244. The molecule has 0 atom stereocenters. The van der Waals surface area contributed by atoms with Crippen LogP contribution in [0.25, 0.3) is 0 Å². The highest BCUT2D eigenvalue weighted by molar-refractivity contribution is 14.0. The van der Waals surface area contributed by atoms with Crippen molar-refractivity contribution in [2.75, 3.05) is 25.6 Å². The number of nitrogens with one attached hydrogen (secondary N) is 2. The average Bonchev–Trinajstić information content (AvgIpc) is 2.66. The molecule has 4 nitrogen and oxygen atoms in total. The zero-order valence-electron chi connectivity index (χ0n) is 15.4. The number of hydrogen-bond acceptors (Lipinski definition) is 3. The Bertz CT molecular complexity index is 653. The standard InChI is InChI=1S/C20H27N3OS.HI/c1-21-20(22-12-13-25-2)23-14-18-10-6-7-11-19(18)16-24-15-17-8-4-3-5-9-17;/h3-11H,12-16H2,1-2H3,(H2,21,22,23);1H. The number of nitrogens with zero attached hydrogens (tertiary/aromatic N) is 1. The second-order valence-electron chi connectivity index (χ2n) is 5.59. The van der Waals surface area contributed by atoms with Gasteiger partial charge in [-0.1, -0.05) is 54.6 Å². The normalized spacial score (nSPS) is 10.9. The molecule has 0 unspecified atom stereocenters. The smallest absolute Gasteiger partial charge is 0.191 e. The fraction of sp³-hybridized carbons (Fsp3) is 0.350. The molecular formula is C20H28IN3OS. The minimum Gasteiger partial charge on any atom is -0.372 e. The summed E-state index contributed by atoms with van der Waals surface area (Å²) in [4.78, 5) is 4.26. The average molecular weight is 485 g/mol. The lowest BCUT2D eigenvalue weighted by molar-refractivity contribution is 0.106. The van der Waals surface area contributed by atoms with Crippen LogP contribution in [-0.4, -0.2) is 31.6 Å². The van der Waals surface area contributed by atoms with Crippen LogP contribution >= 0.6 is 35.7 Å². The monoisotopic (exact) mass is 485 g/mol. The molecule has 0 fully saturated rings. The van der Waals surface area contributed by atoms with Crippen LogP contribution < -0.4 is 10.6 Å². The Morgan fingerprint density at radius 2 is 1.65 bits per heavy atom. The summed E-state index contributed by atoms with van der Waals surface area (Å²) in [5, 5.41) is 6.68. The van der Waals surface area contributed by atoms with Gasteiger partial charge in [0.15, 0.2) is 5.96 Å². The van der Waals surface area contributed by atoms with Crippen molar-refractivity contribution in [3.63, 3.8) is 0 Å². The first-order chi connectivity index (χ1) is 12.3. The van der Waals surface area contributed by atoms with Crippen LogP contribution in [0.2, 0.25) is 0 Å². The lowest BCUT2D eigenvalue weighted by Gasteiger charge is -2.14. The van der Waals surface area contributed by atoms with Crippen LogP contribution in [-0.2, 0) is 24.5 Å². The van der Waals surface area contributed by atoms with E-state index in [1.807, 2.05) is 30.0 Å². The van der Waals surface area contributed by atoms with E-state index in [2.05, 4.69) is 58.3 Å². The van der Waals surface area contributed by atoms with E-state index in [4.69, 9.17) is 4.74 Å². The third kappa shape index (κ3) is 8.42. The molecule has 0 amide bonds. The van der Waals surface area contributed by atoms with Gasteiger partial charge in [0.25, 0.3) is 0 Å². The minimum absolute atomic E-state index is 0. The SMILES string of the molecule is CN=C(NCCSC)NCc1ccccc1COCc1ccccc1.I. The Labute approximate surface area is 178 Å². The largest absolute Gasteiger partial charge is 0.372 e. The van der Waals surface area contributed by atoms with Gasteiger partial charge in [0, 0.05) is 25.9 Å². The molecule has 0 aliphatic carbocycles. The van der Waals surface area contributed by atoms with E-state index in [0.29, 0.717) is 13.2 Å². The highest BCUT2D eigenvalue weighted by Gasteiger charge is 2.04.